The zero-order valence-corrected chi connectivity index (χ0v) is 16.6. The SMILES string of the molecule is O=C(O)C1OC(Oc2cccc(CC(O)Cc3c(O)cc(O)cc3O)c2)C(O)C(O)C1O. The van der Waals surface area contributed by atoms with Crippen molar-refractivity contribution in [1.82, 2.24) is 0 Å². The molecule has 2 aromatic carbocycles. The highest BCUT2D eigenvalue weighted by molar-refractivity contribution is 5.73. The molecule has 0 bridgehead atoms. The highest BCUT2D eigenvalue weighted by atomic mass is 16.7. The molecular weight excluding hydrogens is 428 g/mol. The van der Waals surface area contributed by atoms with Gasteiger partial charge in [-0.3, -0.25) is 0 Å². The van der Waals surface area contributed by atoms with E-state index in [1.54, 1.807) is 12.1 Å². The smallest absolute Gasteiger partial charge is 0.335 e. The van der Waals surface area contributed by atoms with Crippen LogP contribution in [0.4, 0.5) is 0 Å². The van der Waals surface area contributed by atoms with Gasteiger partial charge in [0.05, 0.1) is 6.10 Å². The summed E-state index contributed by atoms with van der Waals surface area (Å²) in [6, 6.07) is 8.29. The van der Waals surface area contributed by atoms with E-state index >= 15 is 0 Å². The lowest BCUT2D eigenvalue weighted by Crippen LogP contribution is -2.61. The maximum Gasteiger partial charge on any atom is 0.335 e. The van der Waals surface area contributed by atoms with Crippen LogP contribution in [-0.4, -0.2) is 83.6 Å². The molecule has 0 radical (unpaired) electrons. The number of ether oxygens (including phenoxy) is 2. The van der Waals surface area contributed by atoms with Gasteiger partial charge in [-0.2, -0.15) is 0 Å². The third-order valence-corrected chi connectivity index (χ3v) is 5.06. The maximum atomic E-state index is 11.2. The van der Waals surface area contributed by atoms with Crippen LogP contribution >= 0.6 is 0 Å². The molecule has 174 valence electrons. The van der Waals surface area contributed by atoms with Crippen molar-refractivity contribution in [3.8, 4) is 23.0 Å². The van der Waals surface area contributed by atoms with Crippen molar-refractivity contribution in [3.63, 3.8) is 0 Å². The summed E-state index contributed by atoms with van der Waals surface area (Å²) < 4.78 is 10.5. The lowest BCUT2D eigenvalue weighted by molar-refractivity contribution is -0.271. The van der Waals surface area contributed by atoms with Crippen molar-refractivity contribution in [2.24, 2.45) is 0 Å². The Morgan fingerprint density at radius 1 is 0.969 bits per heavy atom. The molecule has 0 saturated carbocycles. The molecule has 0 amide bonds. The lowest BCUT2D eigenvalue weighted by Gasteiger charge is -2.38. The molecule has 0 aromatic heterocycles. The Balaban J connectivity index is 1.68. The predicted molar refractivity (Wildman–Crippen MR) is 106 cm³/mol. The molecule has 2 aromatic rings. The molecule has 32 heavy (non-hydrogen) atoms. The van der Waals surface area contributed by atoms with Gasteiger partial charge in [0, 0.05) is 24.1 Å². The minimum absolute atomic E-state index is 0.0636. The summed E-state index contributed by atoms with van der Waals surface area (Å²) in [5.41, 5.74) is 0.627. The number of aliphatic hydroxyl groups is 4. The summed E-state index contributed by atoms with van der Waals surface area (Å²) in [6.07, 6.45) is -9.79. The molecular formula is C21H24O11. The van der Waals surface area contributed by atoms with Crippen LogP contribution in [0.1, 0.15) is 11.1 Å². The van der Waals surface area contributed by atoms with Gasteiger partial charge in [0.25, 0.3) is 0 Å². The van der Waals surface area contributed by atoms with E-state index in [-0.39, 0.29) is 41.4 Å². The van der Waals surface area contributed by atoms with Crippen LogP contribution in [0.2, 0.25) is 0 Å². The van der Waals surface area contributed by atoms with Crippen LogP contribution in [0, 0.1) is 0 Å². The topological polar surface area (TPSA) is 197 Å². The standard InChI is InChI=1S/C21H24O11/c22-10(6-13-14(24)7-11(23)8-15(13)25)4-9-2-1-3-12(5-9)31-21-18(28)16(26)17(27)19(32-21)20(29)30/h1-3,5,7-8,10,16-19,21-28H,4,6H2,(H,29,30). The number of rotatable bonds is 7. The molecule has 1 heterocycles. The maximum absolute atomic E-state index is 11.2. The molecule has 0 aliphatic carbocycles. The van der Waals surface area contributed by atoms with Crippen LogP contribution in [0.15, 0.2) is 36.4 Å². The minimum Gasteiger partial charge on any atom is -0.508 e. The number of aliphatic hydroxyl groups excluding tert-OH is 4. The summed E-state index contributed by atoms with van der Waals surface area (Å²) in [5, 5.41) is 78.2. The Hall–Kier alpha value is -3.09. The second-order valence-electron chi connectivity index (χ2n) is 7.52. The molecule has 3 rings (SSSR count). The van der Waals surface area contributed by atoms with Gasteiger partial charge in [-0.15, -0.1) is 0 Å². The first-order valence-corrected chi connectivity index (χ1v) is 9.66. The van der Waals surface area contributed by atoms with Crippen LogP contribution in [0.25, 0.3) is 0 Å². The van der Waals surface area contributed by atoms with Crippen molar-refractivity contribution in [2.75, 3.05) is 0 Å². The molecule has 0 spiro atoms. The fraction of sp³-hybridized carbons (Fsp3) is 0.381. The van der Waals surface area contributed by atoms with Gasteiger partial charge in [-0.1, -0.05) is 12.1 Å². The van der Waals surface area contributed by atoms with Crippen molar-refractivity contribution in [3.05, 3.63) is 47.5 Å². The van der Waals surface area contributed by atoms with Crippen LogP contribution in [0.3, 0.4) is 0 Å². The summed E-state index contributed by atoms with van der Waals surface area (Å²) in [4.78, 5) is 11.2. The quantitative estimate of drug-likeness (QED) is 0.262. The molecule has 1 aliphatic rings. The number of carboxylic acids is 1. The molecule has 6 atom stereocenters. The van der Waals surface area contributed by atoms with Crippen molar-refractivity contribution < 1.29 is 55.1 Å². The average Bonchev–Trinajstić information content (AvgIpc) is 2.71. The fourth-order valence-electron chi connectivity index (χ4n) is 3.45. The van der Waals surface area contributed by atoms with E-state index in [1.807, 2.05) is 0 Å². The normalized spacial score (nSPS) is 26.4. The molecule has 1 aliphatic heterocycles. The average molecular weight is 452 g/mol. The van der Waals surface area contributed by atoms with E-state index in [9.17, 15) is 40.5 Å². The van der Waals surface area contributed by atoms with Crippen molar-refractivity contribution in [2.45, 2.75) is 49.7 Å². The molecule has 6 unspecified atom stereocenters. The molecule has 1 fully saturated rings. The van der Waals surface area contributed by atoms with Crippen LogP contribution < -0.4 is 4.74 Å². The fourth-order valence-corrected chi connectivity index (χ4v) is 3.45. The van der Waals surface area contributed by atoms with Crippen molar-refractivity contribution >= 4 is 5.97 Å². The Morgan fingerprint density at radius 2 is 1.62 bits per heavy atom. The number of phenolic OH excluding ortho intramolecular Hbond substituents is 3. The highest BCUT2D eigenvalue weighted by Gasteiger charge is 2.48. The molecule has 8 N–H and O–H groups in total. The monoisotopic (exact) mass is 452 g/mol. The Morgan fingerprint density at radius 3 is 2.25 bits per heavy atom. The number of carboxylic acid groups (broad SMARTS) is 1. The minimum atomic E-state index is -1.84. The first-order valence-electron chi connectivity index (χ1n) is 9.66. The number of carbonyl (C=O) groups is 1. The zero-order valence-electron chi connectivity index (χ0n) is 16.6. The van der Waals surface area contributed by atoms with Crippen LogP contribution in [-0.2, 0) is 22.4 Å². The first-order chi connectivity index (χ1) is 15.1. The van der Waals surface area contributed by atoms with Gasteiger partial charge >= 0.3 is 5.97 Å². The molecule has 11 heteroatoms. The van der Waals surface area contributed by atoms with Crippen molar-refractivity contribution in [1.29, 1.82) is 0 Å². The first kappa shape index (κ1) is 23.6. The zero-order chi connectivity index (χ0) is 23.6. The van der Waals surface area contributed by atoms with E-state index in [0.29, 0.717) is 5.56 Å². The number of hydrogen-bond acceptors (Lipinski definition) is 10. The number of hydrogen-bond donors (Lipinski definition) is 8. The second-order valence-corrected chi connectivity index (χ2v) is 7.52. The second kappa shape index (κ2) is 9.59. The van der Waals surface area contributed by atoms with E-state index in [4.69, 9.17) is 14.6 Å². The number of benzene rings is 2. The number of aromatic hydroxyl groups is 3. The van der Waals surface area contributed by atoms with Crippen LogP contribution in [0.5, 0.6) is 23.0 Å². The third-order valence-electron chi connectivity index (χ3n) is 5.06. The Labute approximate surface area is 182 Å². The Bertz CT molecular complexity index is 940. The molecule has 1 saturated heterocycles. The van der Waals surface area contributed by atoms with Gasteiger partial charge in [-0.05, 0) is 24.1 Å². The summed E-state index contributed by atoms with van der Waals surface area (Å²) >= 11 is 0. The van der Waals surface area contributed by atoms with Gasteiger partial charge in [0.2, 0.25) is 6.29 Å². The van der Waals surface area contributed by atoms with Gasteiger partial charge in [0.15, 0.2) is 6.10 Å². The summed E-state index contributed by atoms with van der Waals surface area (Å²) in [5.74, 6) is -2.44. The Kier molecular flexibility index (Phi) is 7.06. The van der Waals surface area contributed by atoms with Gasteiger partial charge in [0.1, 0.15) is 41.3 Å². The highest BCUT2D eigenvalue weighted by Crippen LogP contribution is 2.33. The van der Waals surface area contributed by atoms with E-state index in [1.165, 1.54) is 12.1 Å². The number of phenols is 3. The molecule has 11 nitrogen and oxygen atoms in total. The van der Waals surface area contributed by atoms with E-state index in [0.717, 1.165) is 12.1 Å². The third kappa shape index (κ3) is 5.21. The van der Waals surface area contributed by atoms with Gasteiger partial charge < -0.3 is 50.3 Å². The van der Waals surface area contributed by atoms with Gasteiger partial charge in [-0.25, -0.2) is 4.79 Å². The summed E-state index contributed by atoms with van der Waals surface area (Å²) in [7, 11) is 0. The predicted octanol–water partition coefficient (Wildman–Crippen LogP) is -0.780. The van der Waals surface area contributed by atoms with E-state index in [2.05, 4.69) is 0 Å². The lowest BCUT2D eigenvalue weighted by atomic mass is 9.98. The van der Waals surface area contributed by atoms with E-state index < -0.39 is 42.8 Å². The number of aliphatic carboxylic acids is 1. The summed E-state index contributed by atoms with van der Waals surface area (Å²) in [6.45, 7) is 0. The largest absolute Gasteiger partial charge is 0.508 e.